The SMILES string of the molecule is C.[2H]C([2H])([2H])N1CC(=O)OC2(CCC/C=C/CCCC(=O)NC1=NC(=O)OCc1ccccc1)CC2.[2H]C([2H])([2H])N1CC(=O)OC2(CCCCCCCCC(=O)NC1=N)CC2.[N-]=N. The Morgan fingerprint density at radius 2 is 1.30 bits per heavy atom. The van der Waals surface area contributed by atoms with Gasteiger partial charge >= 0.3 is 18.0 Å². The van der Waals surface area contributed by atoms with Crippen LogP contribution in [-0.2, 0) is 40.0 Å². The second-order valence-electron chi connectivity index (χ2n) is 14.3. The Morgan fingerprint density at radius 1 is 0.772 bits per heavy atom. The first kappa shape index (κ1) is 38.7. The number of allylic oxidation sites excluding steroid dienone is 2. The molecule has 57 heavy (non-hydrogen) atoms. The van der Waals surface area contributed by atoms with Gasteiger partial charge in [0.1, 0.15) is 30.9 Å². The van der Waals surface area contributed by atoms with Crippen LogP contribution in [0.3, 0.4) is 0 Å². The van der Waals surface area contributed by atoms with Crippen LogP contribution in [0.5, 0.6) is 0 Å². The third-order valence-electron chi connectivity index (χ3n) is 9.52. The van der Waals surface area contributed by atoms with Crippen molar-refractivity contribution >= 4 is 41.8 Å². The smallest absolute Gasteiger partial charge is 0.437 e. The number of hydrogen-bond donors (Lipinski definition) is 4. The largest absolute Gasteiger partial charge is 0.715 e. The van der Waals surface area contributed by atoms with E-state index >= 15 is 0 Å². The number of hydrogen-bond acceptors (Lipinski definition) is 10. The summed E-state index contributed by atoms with van der Waals surface area (Å²) in [6.07, 6.45) is 16.6. The number of benzene rings is 1. The molecule has 0 radical (unpaired) electrons. The number of amides is 3. The highest BCUT2D eigenvalue weighted by molar-refractivity contribution is 6.01. The van der Waals surface area contributed by atoms with Gasteiger partial charge in [-0.2, -0.15) is 0 Å². The fraction of sp³-hybridized carbons (Fsp3) is 0.634. The van der Waals surface area contributed by atoms with Gasteiger partial charge in [0.15, 0.2) is 5.96 Å². The van der Waals surface area contributed by atoms with Crippen LogP contribution in [0.4, 0.5) is 4.79 Å². The summed E-state index contributed by atoms with van der Waals surface area (Å²) >= 11 is 0. The molecule has 2 spiro atoms. The van der Waals surface area contributed by atoms with Gasteiger partial charge in [-0.15, -0.1) is 4.99 Å². The molecule has 316 valence electrons. The van der Waals surface area contributed by atoms with E-state index in [1.54, 1.807) is 24.3 Å². The molecule has 0 aromatic heterocycles. The summed E-state index contributed by atoms with van der Waals surface area (Å²) in [6.45, 7) is -6.95. The van der Waals surface area contributed by atoms with E-state index < -0.39 is 80.0 Å². The van der Waals surface area contributed by atoms with E-state index in [-0.39, 0.29) is 26.9 Å². The lowest BCUT2D eigenvalue weighted by atomic mass is 10.1. The highest BCUT2D eigenvalue weighted by atomic mass is 16.6. The molecule has 2 saturated carbocycles. The molecule has 0 unspecified atom stereocenters. The predicted molar refractivity (Wildman–Crippen MR) is 216 cm³/mol. The van der Waals surface area contributed by atoms with Crippen molar-refractivity contribution in [1.29, 1.82) is 10.9 Å². The van der Waals surface area contributed by atoms with Crippen LogP contribution in [0.25, 0.3) is 5.53 Å². The number of nitrogens with zero attached hydrogens (tertiary/aromatic N) is 4. The summed E-state index contributed by atoms with van der Waals surface area (Å²) < 4.78 is 62.5. The summed E-state index contributed by atoms with van der Waals surface area (Å²) in [4.78, 5) is 66.6. The predicted octanol–water partition coefficient (Wildman–Crippen LogP) is 7.12. The minimum absolute atomic E-state index is 0. The molecule has 1 aromatic carbocycles. The maximum Gasteiger partial charge on any atom is 0.437 e. The Hall–Kier alpha value is -5.15. The fourth-order valence-electron chi connectivity index (χ4n) is 6.09. The number of carbonyl (C=O) groups is 5. The normalized spacial score (nSPS) is 24.1. The van der Waals surface area contributed by atoms with Crippen molar-refractivity contribution in [2.24, 2.45) is 4.99 Å². The van der Waals surface area contributed by atoms with E-state index in [0.717, 1.165) is 77.0 Å². The quantitative estimate of drug-likeness (QED) is 0.103. The van der Waals surface area contributed by atoms with Gasteiger partial charge in [0.25, 0.3) is 0 Å². The molecule has 4 N–H and O–H groups in total. The highest BCUT2D eigenvalue weighted by Crippen LogP contribution is 2.45. The number of carbonyl (C=O) groups excluding carboxylic acids is 5. The molecular formula is C41H63N8O8-. The van der Waals surface area contributed by atoms with Crippen molar-refractivity contribution < 1.29 is 46.4 Å². The maximum absolute atomic E-state index is 12.7. The van der Waals surface area contributed by atoms with E-state index in [2.05, 4.69) is 15.6 Å². The molecule has 3 fully saturated rings. The lowest BCUT2D eigenvalue weighted by molar-refractivity contribution is -0.152. The molecule has 16 nitrogen and oxygen atoms in total. The molecule has 0 atom stereocenters. The van der Waals surface area contributed by atoms with Crippen molar-refractivity contribution in [3.63, 3.8) is 0 Å². The number of likely N-dealkylation sites (N-methyl/N-ethyl adjacent to an activating group) is 2. The third kappa shape index (κ3) is 19.0. The average molecular weight is 802 g/mol. The van der Waals surface area contributed by atoms with Crippen LogP contribution in [-0.4, -0.2) is 89.8 Å². The molecular weight excluding hydrogens is 732 g/mol. The van der Waals surface area contributed by atoms with Crippen LogP contribution in [0.15, 0.2) is 47.5 Å². The molecule has 2 aliphatic heterocycles. The standard InChI is InChI=1S/C24H31N3O5.C16H27N3O3.CH4.HN2/c1-27-17-21(29)32-24(15-16-24)14-10-5-3-2-4-9-13-20(28)25-22(27)26-23(30)31-18-19-11-7-6-8-12-19;1-19-12-14(21)22-16(10-11-16)9-7-5-3-2-4-6-8-13(20)18-15(19)17;;1-2/h2-3,6-8,11-12H,4-5,9-10,13-18H2,1H3,(H,25,26,28,30);2-12H2,1H3,(H2,17,18,20);1H4;1H/q;;;-1/b3-2+;;;/i2*1D3;;. The van der Waals surface area contributed by atoms with Gasteiger partial charge in [0.2, 0.25) is 17.8 Å². The number of rotatable bonds is 2. The van der Waals surface area contributed by atoms with E-state index in [1.807, 2.05) is 18.2 Å². The van der Waals surface area contributed by atoms with Crippen LogP contribution in [0.2, 0.25) is 0 Å². The van der Waals surface area contributed by atoms with Gasteiger partial charge < -0.3 is 35.1 Å². The Balaban J connectivity index is 0.000000431. The maximum atomic E-state index is 12.7. The molecule has 2 heterocycles. The number of aliphatic imine (C=N–C) groups is 1. The van der Waals surface area contributed by atoms with Crippen molar-refractivity contribution in [1.82, 2.24) is 20.4 Å². The lowest BCUT2D eigenvalue weighted by Gasteiger charge is -2.23. The second-order valence-corrected chi connectivity index (χ2v) is 14.3. The molecule has 1 saturated heterocycles. The fourth-order valence-corrected chi connectivity index (χ4v) is 6.09. The van der Waals surface area contributed by atoms with Crippen molar-refractivity contribution in [2.45, 2.75) is 141 Å². The Kier molecular flexibility index (Phi) is 17.1. The van der Waals surface area contributed by atoms with Gasteiger partial charge in [0, 0.05) is 35.0 Å². The summed E-state index contributed by atoms with van der Waals surface area (Å²) in [5, 5.41) is 12.5. The van der Waals surface area contributed by atoms with E-state index in [0.29, 0.717) is 41.0 Å². The van der Waals surface area contributed by atoms with Gasteiger partial charge in [-0.1, -0.05) is 75.6 Å². The van der Waals surface area contributed by atoms with Crippen LogP contribution < -0.4 is 10.6 Å². The molecule has 16 heteroatoms. The van der Waals surface area contributed by atoms with E-state index in [4.69, 9.17) is 38.9 Å². The first-order chi connectivity index (χ1) is 29.4. The summed E-state index contributed by atoms with van der Waals surface area (Å²) in [5.74, 6) is -3.52. The zero-order valence-corrected chi connectivity index (χ0v) is 31.9. The van der Waals surface area contributed by atoms with Gasteiger partial charge in [-0.25, -0.2) is 4.79 Å². The lowest BCUT2D eigenvalue weighted by Crippen LogP contribution is -2.45. The highest BCUT2D eigenvalue weighted by Gasteiger charge is 2.47. The summed E-state index contributed by atoms with van der Waals surface area (Å²) in [5.41, 5.74) is 10.7. The molecule has 4 aliphatic rings. The first-order valence-electron chi connectivity index (χ1n) is 22.2. The topological polar surface area (TPSA) is 226 Å². The zero-order valence-electron chi connectivity index (χ0n) is 37.9. The summed E-state index contributed by atoms with van der Waals surface area (Å²) in [7, 11) is 0. The van der Waals surface area contributed by atoms with Crippen molar-refractivity contribution in [3.8, 4) is 0 Å². The number of guanidine groups is 2. The Bertz CT molecular complexity index is 1740. The van der Waals surface area contributed by atoms with Crippen molar-refractivity contribution in [3.05, 3.63) is 53.6 Å². The monoisotopic (exact) mass is 802 g/mol. The van der Waals surface area contributed by atoms with E-state index in [1.165, 1.54) is 0 Å². The first-order valence-corrected chi connectivity index (χ1v) is 19.2. The molecule has 1 aromatic rings. The molecule has 2 aliphatic carbocycles. The Morgan fingerprint density at radius 3 is 1.91 bits per heavy atom. The van der Waals surface area contributed by atoms with Gasteiger partial charge in [0.05, 0.1) is 0 Å². The second kappa shape index (κ2) is 25.2. The molecule has 5 rings (SSSR count). The van der Waals surface area contributed by atoms with Crippen LogP contribution in [0, 0.1) is 10.9 Å². The average Bonchev–Trinajstić information content (AvgIpc) is 4.15. The number of esters is 2. The summed E-state index contributed by atoms with van der Waals surface area (Å²) in [6, 6.07) is 8.87. The van der Waals surface area contributed by atoms with E-state index in [9.17, 15) is 24.0 Å². The van der Waals surface area contributed by atoms with Crippen LogP contribution >= 0.6 is 0 Å². The number of ether oxygens (including phenoxy) is 3. The minimum Gasteiger partial charge on any atom is -0.715 e. The minimum atomic E-state index is -2.88. The third-order valence-corrected chi connectivity index (χ3v) is 9.52. The van der Waals surface area contributed by atoms with Gasteiger partial charge in [-0.3, -0.25) is 35.2 Å². The van der Waals surface area contributed by atoms with Crippen molar-refractivity contribution in [2.75, 3.05) is 27.0 Å². The molecule has 0 bridgehead atoms. The van der Waals surface area contributed by atoms with Gasteiger partial charge in [-0.05, 0) is 82.6 Å². The van der Waals surface area contributed by atoms with Crippen LogP contribution in [0.1, 0.15) is 137 Å². The Labute approximate surface area is 345 Å². The number of nitrogens with one attached hydrogen (secondary N) is 4. The zero-order chi connectivity index (χ0) is 45.8. The molecule has 3 amide bonds.